The van der Waals surface area contributed by atoms with E-state index in [4.69, 9.17) is 0 Å². The zero-order valence-corrected chi connectivity index (χ0v) is 12.9. The Labute approximate surface area is 112 Å². The maximum atomic E-state index is 11.8. The Balaban J connectivity index is 3.21. The summed E-state index contributed by atoms with van der Waals surface area (Å²) in [5.74, 6) is 0.589. The highest BCUT2D eigenvalue weighted by Gasteiger charge is 2.28. The van der Waals surface area contributed by atoms with Gasteiger partial charge in [0.15, 0.2) is 5.78 Å². The number of hydrogen-bond donors (Lipinski definition) is 0. The second-order valence-electron chi connectivity index (χ2n) is 6.40. The molecule has 0 saturated carbocycles. The molecule has 102 valence electrons. The van der Waals surface area contributed by atoms with Gasteiger partial charge in [-0.15, -0.1) is 0 Å². The van der Waals surface area contributed by atoms with Gasteiger partial charge in [0.25, 0.3) is 0 Å². The van der Waals surface area contributed by atoms with E-state index in [1.54, 1.807) is 6.92 Å². The van der Waals surface area contributed by atoms with Gasteiger partial charge in [0, 0.05) is 0 Å². The fourth-order valence-corrected chi connectivity index (χ4v) is 2.93. The molecule has 1 unspecified atom stereocenters. The van der Waals surface area contributed by atoms with Crippen LogP contribution in [0, 0.1) is 11.3 Å². The molecule has 0 aromatic carbocycles. The molecule has 0 spiro atoms. The van der Waals surface area contributed by atoms with E-state index in [0.29, 0.717) is 5.92 Å². The molecule has 0 N–H and O–H groups in total. The summed E-state index contributed by atoms with van der Waals surface area (Å²) in [4.78, 5) is 11.8. The average Bonchev–Trinajstić information content (AvgIpc) is 2.26. The normalized spacial score (nSPS) is 22.0. The first-order valence-corrected chi connectivity index (χ1v) is 7.22. The average molecular weight is 248 g/mol. The molecule has 1 nitrogen and oxygen atoms in total. The van der Waals surface area contributed by atoms with Crippen LogP contribution in [0.4, 0.5) is 0 Å². The van der Waals surface area contributed by atoms with Gasteiger partial charge in [0.1, 0.15) is 0 Å². The van der Waals surface area contributed by atoms with Crippen LogP contribution in [0.5, 0.6) is 0 Å². The monoisotopic (exact) mass is 248 g/mol. The Morgan fingerprint density at radius 2 is 2.06 bits per heavy atom. The van der Waals surface area contributed by atoms with Crippen molar-refractivity contribution in [3.05, 3.63) is 22.8 Å². The van der Waals surface area contributed by atoms with Crippen LogP contribution >= 0.6 is 0 Å². The topological polar surface area (TPSA) is 17.1 Å². The van der Waals surface area contributed by atoms with Crippen molar-refractivity contribution in [3.8, 4) is 0 Å². The van der Waals surface area contributed by atoms with Crippen molar-refractivity contribution in [2.75, 3.05) is 0 Å². The minimum absolute atomic E-state index is 0.219. The highest BCUT2D eigenvalue weighted by Crippen LogP contribution is 2.41. The first-order valence-electron chi connectivity index (χ1n) is 7.22. The van der Waals surface area contributed by atoms with Gasteiger partial charge in [-0.05, 0) is 62.0 Å². The Morgan fingerprint density at radius 3 is 2.50 bits per heavy atom. The minimum atomic E-state index is 0.219. The summed E-state index contributed by atoms with van der Waals surface area (Å²) in [5.41, 5.74) is 4.09. The second kappa shape index (κ2) is 5.86. The van der Waals surface area contributed by atoms with E-state index in [-0.39, 0.29) is 11.2 Å². The largest absolute Gasteiger partial charge is 0.295 e. The third-order valence-corrected chi connectivity index (χ3v) is 4.39. The summed E-state index contributed by atoms with van der Waals surface area (Å²) in [5, 5.41) is 0. The molecule has 0 radical (unpaired) electrons. The van der Waals surface area contributed by atoms with Crippen LogP contribution in [-0.2, 0) is 4.79 Å². The van der Waals surface area contributed by atoms with E-state index >= 15 is 0 Å². The molecule has 0 aliphatic heterocycles. The molecule has 0 aromatic heterocycles. The highest BCUT2D eigenvalue weighted by molar-refractivity contribution is 5.94. The van der Waals surface area contributed by atoms with Crippen LogP contribution < -0.4 is 0 Å². The standard InChI is InChI=1S/C17H28O/c1-7-12(2)15(14(4)18)11-16-13(3)9-8-10-17(16,5)6/h11-12H,7-10H2,1-6H3/b15-11-. The van der Waals surface area contributed by atoms with E-state index < -0.39 is 0 Å². The molecule has 18 heavy (non-hydrogen) atoms. The molecule has 0 fully saturated rings. The van der Waals surface area contributed by atoms with E-state index in [9.17, 15) is 4.79 Å². The van der Waals surface area contributed by atoms with E-state index in [0.717, 1.165) is 12.0 Å². The molecule has 1 atom stereocenters. The fourth-order valence-electron chi connectivity index (χ4n) is 2.93. The molecule has 1 heteroatoms. The number of allylic oxidation sites excluding steroid dienone is 4. The highest BCUT2D eigenvalue weighted by atomic mass is 16.1. The molecule has 1 rings (SSSR count). The number of hydrogen-bond acceptors (Lipinski definition) is 1. The van der Waals surface area contributed by atoms with Gasteiger partial charge in [0.2, 0.25) is 0 Å². The Bertz CT molecular complexity index is 382. The lowest BCUT2D eigenvalue weighted by molar-refractivity contribution is -0.114. The molecular weight excluding hydrogens is 220 g/mol. The lowest BCUT2D eigenvalue weighted by Gasteiger charge is -2.33. The van der Waals surface area contributed by atoms with Crippen molar-refractivity contribution < 1.29 is 4.79 Å². The fraction of sp³-hybridized carbons (Fsp3) is 0.706. The van der Waals surface area contributed by atoms with Gasteiger partial charge in [0.05, 0.1) is 0 Å². The van der Waals surface area contributed by atoms with Crippen molar-refractivity contribution in [3.63, 3.8) is 0 Å². The first kappa shape index (κ1) is 15.2. The second-order valence-corrected chi connectivity index (χ2v) is 6.40. The van der Waals surface area contributed by atoms with Crippen LogP contribution in [0.2, 0.25) is 0 Å². The quantitative estimate of drug-likeness (QED) is 0.634. The Hall–Kier alpha value is -0.850. The first-order chi connectivity index (χ1) is 8.29. The molecule has 0 amide bonds. The third kappa shape index (κ3) is 3.34. The number of ketones is 1. The van der Waals surface area contributed by atoms with Gasteiger partial charge in [-0.1, -0.05) is 39.3 Å². The van der Waals surface area contributed by atoms with E-state index in [2.05, 4.69) is 40.7 Å². The summed E-state index contributed by atoms with van der Waals surface area (Å²) in [6.07, 6.45) is 6.90. The lowest BCUT2D eigenvalue weighted by atomic mass is 9.71. The predicted molar refractivity (Wildman–Crippen MR) is 78.6 cm³/mol. The molecular formula is C17H28O. The predicted octanol–water partition coefficient (Wildman–Crippen LogP) is 5.07. The molecule has 0 bridgehead atoms. The van der Waals surface area contributed by atoms with Gasteiger partial charge in [-0.2, -0.15) is 0 Å². The number of rotatable bonds is 4. The summed E-state index contributed by atoms with van der Waals surface area (Å²) in [7, 11) is 0. The summed E-state index contributed by atoms with van der Waals surface area (Å²) in [6, 6.07) is 0. The molecule has 0 aromatic rings. The van der Waals surface area contributed by atoms with Crippen molar-refractivity contribution in [1.29, 1.82) is 0 Å². The smallest absolute Gasteiger partial charge is 0.156 e. The maximum absolute atomic E-state index is 11.8. The Kier molecular flexibility index (Phi) is 4.95. The van der Waals surface area contributed by atoms with Crippen LogP contribution in [0.15, 0.2) is 22.8 Å². The van der Waals surface area contributed by atoms with E-state index in [1.165, 1.54) is 30.4 Å². The van der Waals surface area contributed by atoms with Crippen LogP contribution in [0.1, 0.15) is 67.2 Å². The molecule has 0 saturated heterocycles. The van der Waals surface area contributed by atoms with Gasteiger partial charge in [-0.3, -0.25) is 4.79 Å². The van der Waals surface area contributed by atoms with Crippen LogP contribution in [0.25, 0.3) is 0 Å². The molecule has 1 aliphatic carbocycles. The van der Waals surface area contributed by atoms with Crippen molar-refractivity contribution >= 4 is 5.78 Å². The lowest BCUT2D eigenvalue weighted by Crippen LogP contribution is -2.20. The van der Waals surface area contributed by atoms with Crippen molar-refractivity contribution in [1.82, 2.24) is 0 Å². The minimum Gasteiger partial charge on any atom is -0.295 e. The van der Waals surface area contributed by atoms with Gasteiger partial charge in [-0.25, -0.2) is 0 Å². The van der Waals surface area contributed by atoms with Crippen LogP contribution in [-0.4, -0.2) is 5.78 Å². The molecule has 1 aliphatic rings. The van der Waals surface area contributed by atoms with Crippen LogP contribution in [0.3, 0.4) is 0 Å². The van der Waals surface area contributed by atoms with E-state index in [1.807, 2.05) is 0 Å². The maximum Gasteiger partial charge on any atom is 0.156 e. The SMILES string of the molecule is CCC(C)/C(=C/C1=C(C)CCCC1(C)C)C(C)=O. The molecule has 0 heterocycles. The Morgan fingerprint density at radius 1 is 1.44 bits per heavy atom. The van der Waals surface area contributed by atoms with Crippen molar-refractivity contribution in [2.24, 2.45) is 11.3 Å². The zero-order chi connectivity index (χ0) is 13.9. The van der Waals surface area contributed by atoms with Gasteiger partial charge >= 0.3 is 0 Å². The summed E-state index contributed by atoms with van der Waals surface area (Å²) in [6.45, 7) is 12.8. The van der Waals surface area contributed by atoms with Crippen molar-refractivity contribution in [2.45, 2.75) is 67.2 Å². The summed E-state index contributed by atoms with van der Waals surface area (Å²) < 4.78 is 0. The number of carbonyl (C=O) groups is 1. The zero-order valence-electron chi connectivity index (χ0n) is 12.9. The third-order valence-electron chi connectivity index (χ3n) is 4.39. The number of Topliss-reactive ketones (excluding diaryl/α,β-unsaturated/α-hetero) is 1. The number of carbonyl (C=O) groups excluding carboxylic acids is 1. The summed E-state index contributed by atoms with van der Waals surface area (Å²) >= 11 is 0. The van der Waals surface area contributed by atoms with Gasteiger partial charge < -0.3 is 0 Å².